The Hall–Kier alpha value is -2.34. The summed E-state index contributed by atoms with van der Waals surface area (Å²) in [7, 11) is -3.82. The quantitative estimate of drug-likeness (QED) is 0.679. The van der Waals surface area contributed by atoms with E-state index in [0.717, 1.165) is 0 Å². The van der Waals surface area contributed by atoms with Gasteiger partial charge in [-0.3, -0.25) is 0 Å². The van der Waals surface area contributed by atoms with Crippen LogP contribution in [0.25, 0.3) is 11.4 Å². The number of alkyl halides is 3. The molecule has 1 aromatic carbocycles. The van der Waals surface area contributed by atoms with Crippen molar-refractivity contribution >= 4 is 21.2 Å². The van der Waals surface area contributed by atoms with Crippen LogP contribution in [0.15, 0.2) is 16.7 Å². The van der Waals surface area contributed by atoms with Gasteiger partial charge in [0.2, 0.25) is 5.82 Å². The van der Waals surface area contributed by atoms with Crippen molar-refractivity contribution in [2.45, 2.75) is 30.6 Å². The Bertz CT molecular complexity index is 893. The summed E-state index contributed by atoms with van der Waals surface area (Å²) < 4.78 is 66.5. The van der Waals surface area contributed by atoms with Gasteiger partial charge in [0.1, 0.15) is 5.37 Å². The molecule has 0 aliphatic rings. The summed E-state index contributed by atoms with van der Waals surface area (Å²) in [6.45, 7) is 2.86. The van der Waals surface area contributed by atoms with E-state index in [9.17, 15) is 21.6 Å². The van der Waals surface area contributed by atoms with Gasteiger partial charge >= 0.3 is 12.1 Å². The maximum atomic E-state index is 12.6. The van der Waals surface area contributed by atoms with Gasteiger partial charge in [-0.25, -0.2) is 8.42 Å². The van der Waals surface area contributed by atoms with Crippen molar-refractivity contribution in [2.75, 3.05) is 11.5 Å². The Balaban J connectivity index is 2.60. The predicted octanol–water partition coefficient (Wildman–Crippen LogP) is 1.70. The fraction of sp³-hybridized carbons (Fsp3) is 0.385. The zero-order valence-corrected chi connectivity index (χ0v) is 14.0. The number of nitrogens with zero attached hydrogens (tertiary/aromatic N) is 2. The first kappa shape index (κ1) is 19.0. The molecule has 8 nitrogen and oxygen atoms in total. The van der Waals surface area contributed by atoms with E-state index in [-0.39, 0.29) is 22.5 Å². The summed E-state index contributed by atoms with van der Waals surface area (Å²) in [5.41, 5.74) is 17.0. The minimum Gasteiger partial charge on any atom is -0.398 e. The molecule has 0 aliphatic heterocycles. The summed E-state index contributed by atoms with van der Waals surface area (Å²) in [5, 5.41) is 0.857. The van der Waals surface area contributed by atoms with Gasteiger partial charge in [-0.1, -0.05) is 5.16 Å². The Morgan fingerprint density at radius 1 is 1.20 bits per heavy atom. The molecule has 0 bridgehead atoms. The normalized spacial score (nSPS) is 14.0. The first-order valence-corrected chi connectivity index (χ1v) is 8.55. The highest BCUT2D eigenvalue weighted by Crippen LogP contribution is 2.37. The van der Waals surface area contributed by atoms with Crippen molar-refractivity contribution in [3.05, 3.63) is 23.6 Å². The minimum atomic E-state index is -4.83. The maximum Gasteiger partial charge on any atom is 0.471 e. The van der Waals surface area contributed by atoms with E-state index in [0.29, 0.717) is 0 Å². The number of aromatic nitrogens is 2. The zero-order valence-electron chi connectivity index (χ0n) is 13.2. The van der Waals surface area contributed by atoms with Gasteiger partial charge in [0, 0.05) is 16.8 Å². The van der Waals surface area contributed by atoms with Crippen LogP contribution in [0.5, 0.6) is 0 Å². The number of benzene rings is 1. The van der Waals surface area contributed by atoms with Crippen LogP contribution in [0.1, 0.15) is 30.7 Å². The second kappa shape index (κ2) is 6.19. The van der Waals surface area contributed by atoms with E-state index < -0.39 is 38.4 Å². The first-order valence-electron chi connectivity index (χ1n) is 6.94. The molecule has 6 N–H and O–H groups in total. The summed E-state index contributed by atoms with van der Waals surface area (Å²) in [6, 6.07) is 2.52. The summed E-state index contributed by atoms with van der Waals surface area (Å²) >= 11 is 0. The van der Waals surface area contributed by atoms with E-state index in [1.807, 2.05) is 0 Å². The second-order valence-corrected chi connectivity index (χ2v) is 8.14. The Morgan fingerprint density at radius 2 is 1.80 bits per heavy atom. The number of hydrogen-bond donors (Lipinski definition) is 3. The van der Waals surface area contributed by atoms with Gasteiger partial charge < -0.3 is 21.7 Å². The van der Waals surface area contributed by atoms with Gasteiger partial charge in [-0.15, -0.1) is 0 Å². The summed E-state index contributed by atoms with van der Waals surface area (Å²) in [4.78, 5) is 3.23. The number of rotatable bonds is 4. The number of hydrogen-bond acceptors (Lipinski definition) is 8. The minimum absolute atomic E-state index is 0.0162. The number of halogens is 3. The third-order valence-electron chi connectivity index (χ3n) is 3.53. The first-order chi connectivity index (χ1) is 11.4. The predicted molar refractivity (Wildman–Crippen MR) is 84.5 cm³/mol. The average molecular weight is 379 g/mol. The van der Waals surface area contributed by atoms with Gasteiger partial charge in [-0.2, -0.15) is 18.2 Å². The van der Waals surface area contributed by atoms with Crippen LogP contribution in [-0.4, -0.2) is 23.8 Å². The number of anilines is 2. The molecule has 0 saturated carbocycles. The maximum absolute atomic E-state index is 12.6. The summed E-state index contributed by atoms with van der Waals surface area (Å²) in [5.74, 6) is -2.01. The monoisotopic (exact) mass is 379 g/mol. The molecule has 1 atom stereocenters. The molecule has 0 fully saturated rings. The van der Waals surface area contributed by atoms with Crippen molar-refractivity contribution in [2.24, 2.45) is 5.73 Å². The molecule has 12 heteroatoms. The van der Waals surface area contributed by atoms with Crippen molar-refractivity contribution in [3.8, 4) is 11.4 Å². The zero-order chi connectivity index (χ0) is 19.2. The molecule has 2 rings (SSSR count). The van der Waals surface area contributed by atoms with Crippen LogP contribution in [0.3, 0.4) is 0 Å². The smallest absolute Gasteiger partial charge is 0.398 e. The summed E-state index contributed by atoms with van der Waals surface area (Å²) in [6.07, 6.45) is -4.83. The molecule has 0 aliphatic carbocycles. The molecule has 0 saturated heterocycles. The third kappa shape index (κ3) is 3.39. The number of nitrogen functional groups attached to an aromatic ring is 2. The molecule has 1 unspecified atom stereocenters. The molecular formula is C13H16F3N5O3S. The molecular weight excluding hydrogens is 363 g/mol. The lowest BCUT2D eigenvalue weighted by Gasteiger charge is -2.20. The van der Waals surface area contributed by atoms with Gasteiger partial charge in [-0.05, 0) is 26.0 Å². The molecule has 25 heavy (non-hydrogen) atoms. The van der Waals surface area contributed by atoms with E-state index >= 15 is 0 Å². The standard InChI is InChI=1S/C13H16F3N5O3S/c1-5(2)25(22,23)10(19)8-7(17)4-3-6(9(8)18)11-20-12(24-21-11)13(14,15)16/h3-5,10H,17-19H2,1-2H3. The van der Waals surface area contributed by atoms with E-state index in [2.05, 4.69) is 14.7 Å². The molecule has 0 spiro atoms. The van der Waals surface area contributed by atoms with Crippen LogP contribution in [0.4, 0.5) is 24.5 Å². The lowest BCUT2D eigenvalue weighted by molar-refractivity contribution is -0.159. The molecule has 1 aromatic heterocycles. The number of sulfone groups is 1. The lowest BCUT2D eigenvalue weighted by atomic mass is 10.0. The topological polar surface area (TPSA) is 151 Å². The Labute approximate surface area is 141 Å². The fourth-order valence-corrected chi connectivity index (χ4v) is 3.25. The molecule has 0 amide bonds. The number of nitrogens with two attached hydrogens (primary N) is 3. The van der Waals surface area contributed by atoms with Crippen LogP contribution in [-0.2, 0) is 16.0 Å². The van der Waals surface area contributed by atoms with Crippen molar-refractivity contribution in [3.63, 3.8) is 0 Å². The van der Waals surface area contributed by atoms with Crippen LogP contribution in [0, 0.1) is 0 Å². The molecule has 2 aromatic rings. The van der Waals surface area contributed by atoms with E-state index in [4.69, 9.17) is 17.2 Å². The average Bonchev–Trinajstić information content (AvgIpc) is 2.96. The molecule has 0 radical (unpaired) electrons. The van der Waals surface area contributed by atoms with Crippen molar-refractivity contribution < 1.29 is 26.1 Å². The highest BCUT2D eigenvalue weighted by atomic mass is 32.2. The van der Waals surface area contributed by atoms with Crippen molar-refractivity contribution in [1.29, 1.82) is 0 Å². The highest BCUT2D eigenvalue weighted by molar-refractivity contribution is 7.92. The van der Waals surface area contributed by atoms with Gasteiger partial charge in [0.05, 0.1) is 10.9 Å². The van der Waals surface area contributed by atoms with Crippen LogP contribution >= 0.6 is 0 Å². The Morgan fingerprint density at radius 3 is 2.28 bits per heavy atom. The Kier molecular flexibility index (Phi) is 4.70. The van der Waals surface area contributed by atoms with Crippen molar-refractivity contribution in [1.82, 2.24) is 10.1 Å². The van der Waals surface area contributed by atoms with Gasteiger partial charge in [0.15, 0.2) is 9.84 Å². The molecule has 1 heterocycles. The fourth-order valence-electron chi connectivity index (χ4n) is 2.07. The largest absolute Gasteiger partial charge is 0.471 e. The second-order valence-electron chi connectivity index (χ2n) is 5.51. The van der Waals surface area contributed by atoms with E-state index in [1.54, 1.807) is 0 Å². The van der Waals surface area contributed by atoms with Gasteiger partial charge in [0.25, 0.3) is 0 Å². The van der Waals surface area contributed by atoms with Crippen LogP contribution in [0.2, 0.25) is 0 Å². The van der Waals surface area contributed by atoms with Crippen LogP contribution < -0.4 is 17.2 Å². The van der Waals surface area contributed by atoms with E-state index in [1.165, 1.54) is 26.0 Å². The third-order valence-corrected chi connectivity index (χ3v) is 5.78. The lowest BCUT2D eigenvalue weighted by Crippen LogP contribution is -2.30. The SMILES string of the molecule is CC(C)S(=O)(=O)C(N)c1c(N)ccc(-c2noc(C(F)(F)F)n2)c1N. The molecule has 138 valence electrons. The highest BCUT2D eigenvalue weighted by Gasteiger charge is 2.39.